The first-order chi connectivity index (χ1) is 10.2. The number of quaternary nitrogens is 1. The molecule has 1 aliphatic rings. The molecule has 0 fully saturated rings. The van der Waals surface area contributed by atoms with Gasteiger partial charge in [-0.1, -0.05) is 51.3 Å². The molecule has 1 heterocycles. The molecule has 0 N–H and O–H groups in total. The number of hydrogen-bond acceptors (Lipinski definition) is 2. The van der Waals surface area contributed by atoms with E-state index in [0.717, 1.165) is 38.2 Å². The number of benzene rings is 1. The Balaban J connectivity index is 2.09. The van der Waals surface area contributed by atoms with Crippen LogP contribution >= 0.6 is 0 Å². The number of unbranched alkanes of at least 4 members (excludes halogenated alkanes) is 4. The Morgan fingerprint density at radius 3 is 2.52 bits per heavy atom. The van der Waals surface area contributed by atoms with E-state index in [0.29, 0.717) is 6.67 Å². The number of para-hydroxylation sites is 1. The van der Waals surface area contributed by atoms with Gasteiger partial charge in [-0.25, -0.2) is 0 Å². The fraction of sp³-hybridized carbons (Fsp3) is 0.667. The SMILES string of the molecule is CCCCCN1Cc2ccccc2[N+]([O-])(CCCCC)C1. The maximum atomic E-state index is 13.4. The second kappa shape index (κ2) is 7.92. The van der Waals surface area contributed by atoms with Gasteiger partial charge in [0.2, 0.25) is 0 Å². The third kappa shape index (κ3) is 4.29. The molecule has 1 atom stereocenters. The first kappa shape index (κ1) is 16.5. The first-order valence-electron chi connectivity index (χ1n) is 8.58. The van der Waals surface area contributed by atoms with Crippen LogP contribution in [0.5, 0.6) is 0 Å². The smallest absolute Gasteiger partial charge is 0.139 e. The molecule has 0 aliphatic carbocycles. The molecule has 21 heavy (non-hydrogen) atoms. The normalized spacial score (nSPS) is 22.2. The number of hydroxylamine groups is 2. The number of hydrogen-bond donors (Lipinski definition) is 0. The molecule has 2 rings (SSSR count). The molecule has 118 valence electrons. The summed E-state index contributed by atoms with van der Waals surface area (Å²) in [6.07, 6.45) is 7.04. The Bertz CT molecular complexity index is 435. The predicted octanol–water partition coefficient (Wildman–Crippen LogP) is 4.65. The molecule has 0 spiro atoms. The van der Waals surface area contributed by atoms with Crippen molar-refractivity contribution in [2.75, 3.05) is 19.8 Å². The van der Waals surface area contributed by atoms with E-state index in [4.69, 9.17) is 0 Å². The number of fused-ring (bicyclic) bond motifs is 1. The maximum absolute atomic E-state index is 13.4. The van der Waals surface area contributed by atoms with E-state index in [1.165, 1.54) is 31.2 Å². The van der Waals surface area contributed by atoms with Gasteiger partial charge in [0.25, 0.3) is 0 Å². The largest absolute Gasteiger partial charge is 0.626 e. The molecule has 1 unspecified atom stereocenters. The second-order valence-electron chi connectivity index (χ2n) is 6.35. The molecule has 0 saturated heterocycles. The minimum absolute atomic E-state index is 0.150. The summed E-state index contributed by atoms with van der Waals surface area (Å²) in [4.78, 5) is 2.36. The van der Waals surface area contributed by atoms with Gasteiger partial charge in [-0.15, -0.1) is 0 Å². The summed E-state index contributed by atoms with van der Waals surface area (Å²) in [7, 11) is 0. The van der Waals surface area contributed by atoms with Crippen molar-refractivity contribution in [2.24, 2.45) is 0 Å². The molecule has 3 heteroatoms. The highest BCUT2D eigenvalue weighted by Crippen LogP contribution is 2.33. The summed E-state index contributed by atoms with van der Waals surface area (Å²) in [6, 6.07) is 8.24. The minimum Gasteiger partial charge on any atom is -0.626 e. The van der Waals surface area contributed by atoms with Crippen molar-refractivity contribution in [2.45, 2.75) is 58.9 Å². The van der Waals surface area contributed by atoms with Crippen LogP contribution < -0.4 is 4.65 Å². The van der Waals surface area contributed by atoms with Crippen LogP contribution in [-0.4, -0.2) is 24.7 Å². The van der Waals surface area contributed by atoms with Crippen molar-refractivity contribution in [1.82, 2.24) is 9.55 Å². The molecular weight excluding hydrogens is 260 g/mol. The van der Waals surface area contributed by atoms with Crippen LogP contribution in [0, 0.1) is 5.21 Å². The summed E-state index contributed by atoms with van der Waals surface area (Å²) < 4.78 is -0.150. The number of nitrogens with zero attached hydrogens (tertiary/aromatic N) is 2. The Morgan fingerprint density at radius 2 is 1.76 bits per heavy atom. The molecule has 0 amide bonds. The van der Waals surface area contributed by atoms with Gasteiger partial charge in [0.15, 0.2) is 0 Å². The Labute approximate surface area is 129 Å². The van der Waals surface area contributed by atoms with Crippen LogP contribution in [0.4, 0.5) is 5.69 Å². The monoisotopic (exact) mass is 290 g/mol. The van der Waals surface area contributed by atoms with Crippen molar-refractivity contribution in [1.29, 1.82) is 0 Å². The van der Waals surface area contributed by atoms with Crippen LogP contribution in [0.15, 0.2) is 24.3 Å². The molecule has 0 bridgehead atoms. The molecule has 0 radical (unpaired) electrons. The lowest BCUT2D eigenvalue weighted by Crippen LogP contribution is -2.55. The van der Waals surface area contributed by atoms with Gasteiger partial charge in [-0.05, 0) is 25.3 Å². The quantitative estimate of drug-likeness (QED) is 0.396. The van der Waals surface area contributed by atoms with Crippen LogP contribution in [0.25, 0.3) is 0 Å². The van der Waals surface area contributed by atoms with E-state index in [-0.39, 0.29) is 4.65 Å². The van der Waals surface area contributed by atoms with Crippen molar-refractivity contribution in [3.8, 4) is 0 Å². The molecule has 1 aliphatic heterocycles. The topological polar surface area (TPSA) is 26.3 Å². The summed E-state index contributed by atoms with van der Waals surface area (Å²) in [5.41, 5.74) is 2.23. The molecule has 0 aromatic heterocycles. The van der Waals surface area contributed by atoms with Crippen molar-refractivity contribution in [3.05, 3.63) is 35.0 Å². The van der Waals surface area contributed by atoms with Gasteiger partial charge in [0.1, 0.15) is 12.4 Å². The standard InChI is InChI=1S/C18H30N2O/c1-3-5-9-13-19-15-17-11-7-8-12-18(17)20(21,16-19)14-10-6-4-2/h7-8,11-12H,3-6,9-10,13-16H2,1-2H3. The highest BCUT2D eigenvalue weighted by atomic mass is 16.5. The van der Waals surface area contributed by atoms with Gasteiger partial charge in [0, 0.05) is 18.7 Å². The lowest BCUT2D eigenvalue weighted by atomic mass is 10.1. The van der Waals surface area contributed by atoms with Crippen LogP contribution in [0.2, 0.25) is 0 Å². The fourth-order valence-corrected chi connectivity index (χ4v) is 3.28. The fourth-order valence-electron chi connectivity index (χ4n) is 3.28. The third-order valence-electron chi connectivity index (χ3n) is 4.45. The average molecular weight is 290 g/mol. The summed E-state index contributed by atoms with van der Waals surface area (Å²) in [5, 5.41) is 13.4. The molecular formula is C18H30N2O. The Kier molecular flexibility index (Phi) is 6.22. The molecule has 0 saturated carbocycles. The zero-order chi connectivity index (χ0) is 15.1. The van der Waals surface area contributed by atoms with Gasteiger partial charge >= 0.3 is 0 Å². The summed E-state index contributed by atoms with van der Waals surface area (Å²) in [6.45, 7) is 7.76. The maximum Gasteiger partial charge on any atom is 0.139 e. The predicted molar refractivity (Wildman–Crippen MR) is 90.8 cm³/mol. The summed E-state index contributed by atoms with van der Waals surface area (Å²) >= 11 is 0. The average Bonchev–Trinajstić information content (AvgIpc) is 2.48. The lowest BCUT2D eigenvalue weighted by Gasteiger charge is -2.49. The van der Waals surface area contributed by atoms with Gasteiger partial charge in [-0.2, -0.15) is 0 Å². The van der Waals surface area contributed by atoms with Gasteiger partial charge in [-0.3, -0.25) is 4.90 Å². The molecule has 1 aromatic rings. The van der Waals surface area contributed by atoms with Crippen molar-refractivity contribution < 1.29 is 0 Å². The lowest BCUT2D eigenvalue weighted by molar-refractivity contribution is 0.141. The zero-order valence-corrected chi connectivity index (χ0v) is 13.7. The minimum atomic E-state index is -0.150. The van der Waals surface area contributed by atoms with E-state index < -0.39 is 0 Å². The van der Waals surface area contributed by atoms with Crippen molar-refractivity contribution in [3.63, 3.8) is 0 Å². The van der Waals surface area contributed by atoms with Crippen LogP contribution in [0.1, 0.15) is 57.9 Å². The first-order valence-corrected chi connectivity index (χ1v) is 8.58. The van der Waals surface area contributed by atoms with E-state index >= 15 is 0 Å². The molecule has 3 nitrogen and oxygen atoms in total. The van der Waals surface area contributed by atoms with E-state index in [9.17, 15) is 5.21 Å². The van der Waals surface area contributed by atoms with E-state index in [1.54, 1.807) is 0 Å². The number of rotatable bonds is 8. The van der Waals surface area contributed by atoms with Crippen molar-refractivity contribution >= 4 is 5.69 Å². The Hall–Kier alpha value is -0.900. The van der Waals surface area contributed by atoms with E-state index in [2.05, 4.69) is 30.9 Å². The Morgan fingerprint density at radius 1 is 1.05 bits per heavy atom. The van der Waals surface area contributed by atoms with Gasteiger partial charge < -0.3 is 9.85 Å². The molecule has 1 aromatic carbocycles. The van der Waals surface area contributed by atoms with Gasteiger partial charge in [0.05, 0.1) is 6.54 Å². The highest BCUT2D eigenvalue weighted by Gasteiger charge is 2.31. The van der Waals surface area contributed by atoms with Crippen LogP contribution in [-0.2, 0) is 6.54 Å². The third-order valence-corrected chi connectivity index (χ3v) is 4.45. The zero-order valence-electron chi connectivity index (χ0n) is 13.7. The highest BCUT2D eigenvalue weighted by molar-refractivity contribution is 5.52. The second-order valence-corrected chi connectivity index (χ2v) is 6.35. The van der Waals surface area contributed by atoms with E-state index in [1.807, 2.05) is 12.1 Å². The van der Waals surface area contributed by atoms with Crippen LogP contribution in [0.3, 0.4) is 0 Å². The summed E-state index contributed by atoms with van der Waals surface area (Å²) in [5.74, 6) is 0.